The van der Waals surface area contributed by atoms with E-state index in [-0.39, 0.29) is 5.41 Å². The van der Waals surface area contributed by atoms with Crippen molar-refractivity contribution in [3.63, 3.8) is 0 Å². The number of hydrogen-bond donors (Lipinski definition) is 1. The van der Waals surface area contributed by atoms with Gasteiger partial charge in [-0.2, -0.15) is 0 Å². The van der Waals surface area contributed by atoms with Crippen molar-refractivity contribution in [3.05, 3.63) is 29.8 Å². The summed E-state index contributed by atoms with van der Waals surface area (Å²) in [5, 5.41) is 9.45. The molecule has 0 saturated carbocycles. The van der Waals surface area contributed by atoms with Crippen LogP contribution in [0.1, 0.15) is 46.1 Å². The molecule has 0 unspecified atom stereocenters. The fourth-order valence-corrected chi connectivity index (χ4v) is 1.72. The molecule has 15 heavy (non-hydrogen) atoms. The first-order chi connectivity index (χ1) is 6.92. The van der Waals surface area contributed by atoms with Crippen molar-refractivity contribution in [3.8, 4) is 5.75 Å². The quantitative estimate of drug-likeness (QED) is 0.786. The molecule has 0 aliphatic carbocycles. The van der Waals surface area contributed by atoms with Crippen LogP contribution in [0.2, 0.25) is 0 Å². The van der Waals surface area contributed by atoms with E-state index in [1.807, 2.05) is 12.1 Å². The molecule has 0 fully saturated rings. The molecule has 0 amide bonds. The van der Waals surface area contributed by atoms with Crippen molar-refractivity contribution in [2.24, 2.45) is 5.92 Å². The standard InChI is InChI=1S/C14H22O/c1-11(2)8-9-14(3,4)12-6-5-7-13(15)10-12/h5-7,10-11,15H,8-9H2,1-4H3. The van der Waals surface area contributed by atoms with Crippen LogP contribution in [0, 0.1) is 5.92 Å². The van der Waals surface area contributed by atoms with E-state index >= 15 is 0 Å². The Bertz CT molecular complexity index is 313. The van der Waals surface area contributed by atoms with Gasteiger partial charge in [0.25, 0.3) is 0 Å². The van der Waals surface area contributed by atoms with Gasteiger partial charge in [0.05, 0.1) is 0 Å². The molecule has 0 bridgehead atoms. The molecule has 0 heterocycles. The summed E-state index contributed by atoms with van der Waals surface area (Å²) < 4.78 is 0. The second-order valence-corrected chi connectivity index (χ2v) is 5.37. The summed E-state index contributed by atoms with van der Waals surface area (Å²) in [6.45, 7) is 8.98. The van der Waals surface area contributed by atoms with Gasteiger partial charge in [0, 0.05) is 0 Å². The maximum atomic E-state index is 9.45. The fourth-order valence-electron chi connectivity index (χ4n) is 1.72. The molecule has 1 N–H and O–H groups in total. The Hall–Kier alpha value is -0.980. The van der Waals surface area contributed by atoms with E-state index in [9.17, 15) is 5.11 Å². The number of hydrogen-bond acceptors (Lipinski definition) is 1. The SMILES string of the molecule is CC(C)CCC(C)(C)c1cccc(O)c1. The zero-order valence-electron chi connectivity index (χ0n) is 10.2. The Balaban J connectivity index is 2.76. The lowest BCUT2D eigenvalue weighted by atomic mass is 9.79. The average molecular weight is 206 g/mol. The lowest BCUT2D eigenvalue weighted by molar-refractivity contribution is 0.411. The highest BCUT2D eigenvalue weighted by atomic mass is 16.3. The Morgan fingerprint density at radius 3 is 2.47 bits per heavy atom. The molecule has 1 aromatic rings. The molecule has 0 spiro atoms. The molecule has 0 aliphatic heterocycles. The third-order valence-electron chi connectivity index (χ3n) is 2.97. The normalized spacial score (nSPS) is 12.1. The van der Waals surface area contributed by atoms with E-state index in [1.165, 1.54) is 12.0 Å². The second kappa shape index (κ2) is 4.69. The number of rotatable bonds is 4. The van der Waals surface area contributed by atoms with E-state index in [1.54, 1.807) is 6.07 Å². The number of aromatic hydroxyl groups is 1. The van der Waals surface area contributed by atoms with Crippen LogP contribution in [0.4, 0.5) is 0 Å². The van der Waals surface area contributed by atoms with Crippen LogP contribution < -0.4 is 0 Å². The topological polar surface area (TPSA) is 20.2 Å². The molecule has 0 aromatic heterocycles. The lowest BCUT2D eigenvalue weighted by Gasteiger charge is -2.26. The molecule has 1 heteroatoms. The van der Waals surface area contributed by atoms with Gasteiger partial charge >= 0.3 is 0 Å². The van der Waals surface area contributed by atoms with Gasteiger partial charge in [0.2, 0.25) is 0 Å². The van der Waals surface area contributed by atoms with Gasteiger partial charge in [-0.1, -0.05) is 46.2 Å². The second-order valence-electron chi connectivity index (χ2n) is 5.37. The third kappa shape index (κ3) is 3.58. The molecule has 0 saturated heterocycles. The Morgan fingerprint density at radius 2 is 1.93 bits per heavy atom. The zero-order chi connectivity index (χ0) is 11.5. The maximum Gasteiger partial charge on any atom is 0.115 e. The molecule has 0 aliphatic rings. The number of phenolic OH excluding ortho intramolecular Hbond substituents is 1. The summed E-state index contributed by atoms with van der Waals surface area (Å²) in [5.74, 6) is 1.10. The summed E-state index contributed by atoms with van der Waals surface area (Å²) in [6.07, 6.45) is 2.39. The van der Waals surface area contributed by atoms with Crippen molar-refractivity contribution in [2.75, 3.05) is 0 Å². The van der Waals surface area contributed by atoms with Crippen LogP contribution in [-0.2, 0) is 5.41 Å². The summed E-state index contributed by atoms with van der Waals surface area (Å²) in [7, 11) is 0. The van der Waals surface area contributed by atoms with Gasteiger partial charge in [0.1, 0.15) is 5.75 Å². The van der Waals surface area contributed by atoms with E-state index < -0.39 is 0 Å². The molecular formula is C14H22O. The Morgan fingerprint density at radius 1 is 1.27 bits per heavy atom. The van der Waals surface area contributed by atoms with E-state index in [2.05, 4.69) is 33.8 Å². The van der Waals surface area contributed by atoms with Crippen LogP contribution in [-0.4, -0.2) is 5.11 Å². The summed E-state index contributed by atoms with van der Waals surface area (Å²) >= 11 is 0. The first kappa shape index (κ1) is 12.1. The summed E-state index contributed by atoms with van der Waals surface area (Å²) in [5.41, 5.74) is 1.38. The van der Waals surface area contributed by atoms with Crippen LogP contribution in [0.5, 0.6) is 5.75 Å². The van der Waals surface area contributed by atoms with Crippen LogP contribution in [0.25, 0.3) is 0 Å². The summed E-state index contributed by atoms with van der Waals surface area (Å²) in [6, 6.07) is 7.62. The maximum absolute atomic E-state index is 9.45. The Kier molecular flexibility index (Phi) is 3.78. The van der Waals surface area contributed by atoms with Gasteiger partial charge in [-0.05, 0) is 35.4 Å². The molecule has 1 aromatic carbocycles. The van der Waals surface area contributed by atoms with Crippen molar-refractivity contribution in [1.29, 1.82) is 0 Å². The van der Waals surface area contributed by atoms with Gasteiger partial charge < -0.3 is 5.11 Å². The smallest absolute Gasteiger partial charge is 0.115 e. The van der Waals surface area contributed by atoms with Gasteiger partial charge in [-0.3, -0.25) is 0 Å². The minimum atomic E-state index is 0.156. The van der Waals surface area contributed by atoms with E-state index in [0.717, 1.165) is 12.3 Å². The Labute approximate surface area is 93.1 Å². The molecule has 0 radical (unpaired) electrons. The van der Waals surface area contributed by atoms with Crippen molar-refractivity contribution in [1.82, 2.24) is 0 Å². The van der Waals surface area contributed by atoms with Gasteiger partial charge in [0.15, 0.2) is 0 Å². The average Bonchev–Trinajstić information content (AvgIpc) is 2.15. The van der Waals surface area contributed by atoms with Crippen molar-refractivity contribution >= 4 is 0 Å². The molecule has 0 atom stereocenters. The van der Waals surface area contributed by atoms with Crippen LogP contribution >= 0.6 is 0 Å². The molecule has 84 valence electrons. The zero-order valence-corrected chi connectivity index (χ0v) is 10.2. The third-order valence-corrected chi connectivity index (χ3v) is 2.97. The predicted octanol–water partition coefficient (Wildman–Crippen LogP) is 4.11. The highest BCUT2D eigenvalue weighted by Gasteiger charge is 2.20. The van der Waals surface area contributed by atoms with Crippen molar-refractivity contribution in [2.45, 2.75) is 46.0 Å². The number of benzene rings is 1. The molecule has 1 nitrogen and oxygen atoms in total. The van der Waals surface area contributed by atoms with Crippen LogP contribution in [0.15, 0.2) is 24.3 Å². The first-order valence-electron chi connectivity index (χ1n) is 5.71. The minimum Gasteiger partial charge on any atom is -0.508 e. The first-order valence-corrected chi connectivity index (χ1v) is 5.71. The monoisotopic (exact) mass is 206 g/mol. The minimum absolute atomic E-state index is 0.156. The largest absolute Gasteiger partial charge is 0.508 e. The summed E-state index contributed by atoms with van der Waals surface area (Å²) in [4.78, 5) is 0. The highest BCUT2D eigenvalue weighted by Crippen LogP contribution is 2.31. The molecule has 1 rings (SSSR count). The van der Waals surface area contributed by atoms with Gasteiger partial charge in [-0.25, -0.2) is 0 Å². The fraction of sp³-hybridized carbons (Fsp3) is 0.571. The van der Waals surface area contributed by atoms with E-state index in [0.29, 0.717) is 5.75 Å². The van der Waals surface area contributed by atoms with Gasteiger partial charge in [-0.15, -0.1) is 0 Å². The van der Waals surface area contributed by atoms with E-state index in [4.69, 9.17) is 0 Å². The van der Waals surface area contributed by atoms with Crippen LogP contribution in [0.3, 0.4) is 0 Å². The lowest BCUT2D eigenvalue weighted by Crippen LogP contribution is -2.17. The molecular weight excluding hydrogens is 184 g/mol. The highest BCUT2D eigenvalue weighted by molar-refractivity contribution is 5.31. The number of phenols is 1. The van der Waals surface area contributed by atoms with Crippen molar-refractivity contribution < 1.29 is 5.11 Å². The predicted molar refractivity (Wildman–Crippen MR) is 65.2 cm³/mol.